The highest BCUT2D eigenvalue weighted by Gasteiger charge is 2.60. The third-order valence-electron chi connectivity index (χ3n) is 6.72. The Morgan fingerprint density at radius 1 is 0.643 bits per heavy atom. The Bertz CT molecular complexity index is 499. The lowest BCUT2D eigenvalue weighted by molar-refractivity contribution is -0.177. The van der Waals surface area contributed by atoms with Crippen molar-refractivity contribution in [1.29, 1.82) is 0 Å². The van der Waals surface area contributed by atoms with E-state index in [4.69, 9.17) is 0 Å². The highest BCUT2D eigenvalue weighted by molar-refractivity contribution is 5.87. The molecule has 0 fully saturated rings. The number of rotatable bonds is 16. The van der Waals surface area contributed by atoms with Gasteiger partial charge in [0.15, 0.2) is 0 Å². The van der Waals surface area contributed by atoms with Gasteiger partial charge in [-0.25, -0.2) is 0 Å². The van der Waals surface area contributed by atoms with E-state index in [-0.39, 0.29) is 0 Å². The lowest BCUT2D eigenvalue weighted by atomic mass is 9.54. The van der Waals surface area contributed by atoms with Crippen LogP contribution in [0.4, 0.5) is 0 Å². The molecule has 0 aliphatic heterocycles. The number of carboxylic acids is 2. The van der Waals surface area contributed by atoms with Crippen molar-refractivity contribution in [3.63, 3.8) is 0 Å². The maximum absolute atomic E-state index is 12.3. The zero-order chi connectivity index (χ0) is 20.9. The summed E-state index contributed by atoms with van der Waals surface area (Å²) < 4.78 is 0. The molecule has 2 N–H and O–H groups in total. The highest BCUT2D eigenvalue weighted by atomic mass is 16.4. The Hall–Kier alpha value is -1.32. The van der Waals surface area contributed by atoms with Gasteiger partial charge in [-0.15, -0.1) is 0 Å². The van der Waals surface area contributed by atoms with Crippen molar-refractivity contribution in [3.05, 3.63) is 12.2 Å². The molecule has 0 saturated heterocycles. The molecule has 4 heteroatoms. The van der Waals surface area contributed by atoms with E-state index in [1.807, 2.05) is 19.1 Å². The first-order chi connectivity index (χ1) is 13.5. The van der Waals surface area contributed by atoms with Crippen LogP contribution in [0.1, 0.15) is 117 Å². The number of hydrogen-bond acceptors (Lipinski definition) is 2. The van der Waals surface area contributed by atoms with Gasteiger partial charge < -0.3 is 10.2 Å². The van der Waals surface area contributed by atoms with Gasteiger partial charge >= 0.3 is 11.9 Å². The number of unbranched alkanes of at least 4 members (excludes halogenated alkanes) is 10. The van der Waals surface area contributed by atoms with Crippen molar-refractivity contribution in [2.24, 2.45) is 10.8 Å². The van der Waals surface area contributed by atoms with Crippen LogP contribution in [-0.4, -0.2) is 22.2 Å². The Kier molecular flexibility index (Phi) is 11.5. The summed E-state index contributed by atoms with van der Waals surface area (Å²) in [4.78, 5) is 24.5. The summed E-state index contributed by atoms with van der Waals surface area (Å²) in [6, 6.07) is 0. The Labute approximate surface area is 171 Å². The summed E-state index contributed by atoms with van der Waals surface area (Å²) in [5.41, 5.74) is -2.33. The van der Waals surface area contributed by atoms with Crippen LogP contribution in [-0.2, 0) is 9.59 Å². The fourth-order valence-corrected chi connectivity index (χ4v) is 4.96. The predicted molar refractivity (Wildman–Crippen MR) is 114 cm³/mol. The van der Waals surface area contributed by atoms with Crippen LogP contribution in [0.15, 0.2) is 12.2 Å². The number of aliphatic carboxylic acids is 2. The van der Waals surface area contributed by atoms with Crippen molar-refractivity contribution in [2.75, 3.05) is 0 Å². The third-order valence-corrected chi connectivity index (χ3v) is 6.72. The molecule has 0 saturated carbocycles. The lowest BCUT2D eigenvalue weighted by Gasteiger charge is -2.46. The Balaban J connectivity index is 2.48. The second kappa shape index (κ2) is 13.0. The minimum Gasteiger partial charge on any atom is -0.481 e. The van der Waals surface area contributed by atoms with Crippen LogP contribution in [0.2, 0.25) is 0 Å². The number of hydrogen-bond donors (Lipinski definition) is 2. The largest absolute Gasteiger partial charge is 0.481 e. The molecule has 2 unspecified atom stereocenters. The molecule has 1 rings (SSSR count). The SMILES string of the molecule is CCCCCCCCCCCCCC1(C(=O)O)CC=CCC1(CCC)C(=O)O. The molecular weight excluding hydrogens is 352 g/mol. The zero-order valence-electron chi connectivity index (χ0n) is 18.2. The van der Waals surface area contributed by atoms with Gasteiger partial charge in [0, 0.05) is 0 Å². The quantitative estimate of drug-likeness (QED) is 0.219. The molecule has 0 spiro atoms. The smallest absolute Gasteiger partial charge is 0.311 e. The predicted octanol–water partition coefficient (Wildman–Crippen LogP) is 6.98. The Morgan fingerprint density at radius 3 is 1.43 bits per heavy atom. The van der Waals surface area contributed by atoms with Gasteiger partial charge in [-0.05, 0) is 25.7 Å². The van der Waals surface area contributed by atoms with Crippen LogP contribution in [0.25, 0.3) is 0 Å². The summed E-state index contributed by atoms with van der Waals surface area (Å²) >= 11 is 0. The average molecular weight is 395 g/mol. The molecule has 0 aromatic carbocycles. The van der Waals surface area contributed by atoms with Gasteiger partial charge in [0.1, 0.15) is 0 Å². The fraction of sp³-hybridized carbons (Fsp3) is 0.833. The molecule has 0 bridgehead atoms. The normalized spacial score (nSPS) is 24.4. The monoisotopic (exact) mass is 394 g/mol. The second-order valence-corrected chi connectivity index (χ2v) is 8.69. The van der Waals surface area contributed by atoms with Crippen LogP contribution in [0.5, 0.6) is 0 Å². The molecule has 1 aliphatic carbocycles. The van der Waals surface area contributed by atoms with Crippen molar-refractivity contribution >= 4 is 11.9 Å². The molecule has 2 atom stereocenters. The highest BCUT2D eigenvalue weighted by Crippen LogP contribution is 2.54. The standard InChI is InChI=1S/C24H42O4/c1-3-5-6-7-8-9-10-11-12-13-14-18-24(22(27)28)20-16-15-19-23(24,17-4-2)21(25)26/h15-16H,3-14,17-20H2,1-2H3,(H,25,26)(H,27,28). The third kappa shape index (κ3) is 6.35. The van der Waals surface area contributed by atoms with Crippen molar-refractivity contribution in [1.82, 2.24) is 0 Å². The molecule has 0 aromatic rings. The van der Waals surface area contributed by atoms with Crippen molar-refractivity contribution in [3.8, 4) is 0 Å². The molecule has 0 radical (unpaired) electrons. The van der Waals surface area contributed by atoms with Crippen LogP contribution in [0, 0.1) is 10.8 Å². The number of carbonyl (C=O) groups is 2. The molecule has 4 nitrogen and oxygen atoms in total. The van der Waals surface area contributed by atoms with E-state index in [2.05, 4.69) is 6.92 Å². The van der Waals surface area contributed by atoms with E-state index in [1.54, 1.807) is 0 Å². The molecular formula is C24H42O4. The second-order valence-electron chi connectivity index (χ2n) is 8.69. The summed E-state index contributed by atoms with van der Waals surface area (Å²) in [6.07, 6.45) is 19.3. The van der Waals surface area contributed by atoms with E-state index in [0.717, 1.165) is 19.3 Å². The fourth-order valence-electron chi connectivity index (χ4n) is 4.96. The van der Waals surface area contributed by atoms with E-state index in [0.29, 0.717) is 32.1 Å². The average Bonchev–Trinajstić information content (AvgIpc) is 2.67. The molecule has 0 heterocycles. The molecule has 0 aromatic heterocycles. The maximum Gasteiger partial charge on any atom is 0.311 e. The van der Waals surface area contributed by atoms with E-state index >= 15 is 0 Å². The zero-order valence-corrected chi connectivity index (χ0v) is 18.2. The van der Waals surface area contributed by atoms with Gasteiger partial charge in [0.25, 0.3) is 0 Å². The van der Waals surface area contributed by atoms with Crippen LogP contribution < -0.4 is 0 Å². The summed E-state index contributed by atoms with van der Waals surface area (Å²) in [6.45, 7) is 4.18. The summed E-state index contributed by atoms with van der Waals surface area (Å²) in [7, 11) is 0. The molecule has 0 amide bonds. The van der Waals surface area contributed by atoms with Crippen molar-refractivity contribution in [2.45, 2.75) is 117 Å². The maximum atomic E-state index is 12.3. The Morgan fingerprint density at radius 2 is 1.04 bits per heavy atom. The summed E-state index contributed by atoms with van der Waals surface area (Å²) in [5.74, 6) is -1.87. The van der Waals surface area contributed by atoms with Gasteiger partial charge in [-0.2, -0.15) is 0 Å². The molecule has 1 aliphatic rings. The minimum absolute atomic E-state index is 0.334. The van der Waals surface area contributed by atoms with Gasteiger partial charge in [0.2, 0.25) is 0 Å². The van der Waals surface area contributed by atoms with Crippen molar-refractivity contribution < 1.29 is 19.8 Å². The van der Waals surface area contributed by atoms with Gasteiger partial charge in [0.05, 0.1) is 10.8 Å². The van der Waals surface area contributed by atoms with Gasteiger partial charge in [-0.1, -0.05) is 103 Å². The lowest BCUT2D eigenvalue weighted by Crippen LogP contribution is -2.53. The van der Waals surface area contributed by atoms with Crippen LogP contribution in [0.3, 0.4) is 0 Å². The van der Waals surface area contributed by atoms with E-state index in [9.17, 15) is 19.8 Å². The first-order valence-electron chi connectivity index (χ1n) is 11.6. The molecule has 28 heavy (non-hydrogen) atoms. The minimum atomic E-state index is -1.17. The van der Waals surface area contributed by atoms with Gasteiger partial charge in [-0.3, -0.25) is 9.59 Å². The molecule has 162 valence electrons. The summed E-state index contributed by atoms with van der Waals surface area (Å²) in [5, 5.41) is 20.0. The van der Waals surface area contributed by atoms with E-state index < -0.39 is 22.8 Å². The topological polar surface area (TPSA) is 74.6 Å². The number of allylic oxidation sites excluding steroid dienone is 2. The van der Waals surface area contributed by atoms with E-state index in [1.165, 1.54) is 51.4 Å². The first-order valence-corrected chi connectivity index (χ1v) is 11.6. The van der Waals surface area contributed by atoms with Crippen LogP contribution >= 0.6 is 0 Å². The first kappa shape index (κ1) is 24.7. The number of carboxylic acid groups (broad SMARTS) is 2.